The Hall–Kier alpha value is -3.03. The van der Waals surface area contributed by atoms with Gasteiger partial charge in [-0.15, -0.1) is 0 Å². The number of imide groups is 1. The monoisotopic (exact) mass is 317 g/mol. The lowest BCUT2D eigenvalue weighted by molar-refractivity contribution is -0.125. The van der Waals surface area contributed by atoms with Crippen LogP contribution in [0, 0.1) is 0 Å². The number of rotatable bonds is 6. The van der Waals surface area contributed by atoms with Crippen LogP contribution >= 0.6 is 0 Å². The topological polar surface area (TPSA) is 134 Å². The van der Waals surface area contributed by atoms with Crippen molar-refractivity contribution in [2.45, 2.75) is 18.9 Å². The molecule has 0 bridgehead atoms. The van der Waals surface area contributed by atoms with Gasteiger partial charge in [0.1, 0.15) is 11.8 Å². The molecule has 1 aliphatic heterocycles. The average molecular weight is 317 g/mol. The number of phenols is 1. The number of urea groups is 1. The summed E-state index contributed by atoms with van der Waals surface area (Å²) in [5.41, 5.74) is 11.2. The van der Waals surface area contributed by atoms with Crippen LogP contribution in [0.25, 0.3) is 6.08 Å². The smallest absolute Gasteiger partial charge is 0.328 e. The van der Waals surface area contributed by atoms with Crippen LogP contribution in [0.1, 0.15) is 18.4 Å². The first-order valence-corrected chi connectivity index (χ1v) is 7.13. The van der Waals surface area contributed by atoms with Gasteiger partial charge in [0.25, 0.3) is 5.91 Å². The SMILES string of the molecule is NC(N)=NCCCC1NC(=O)N(C=Cc2ccc(O)cc2)C1=O. The standard InChI is InChI=1S/C15H19N5O3/c16-14(17)18-8-1-2-12-13(22)20(15(23)19-12)9-7-10-3-5-11(21)6-4-10/h3-7,9,12,21H,1-2,8H2,(H,19,23)(H4,16,17,18). The third-order valence-electron chi connectivity index (χ3n) is 3.31. The number of hydrogen-bond donors (Lipinski definition) is 4. The Labute approximate surface area is 133 Å². The minimum atomic E-state index is -0.568. The number of hydrogen-bond acceptors (Lipinski definition) is 4. The third-order valence-corrected chi connectivity index (χ3v) is 3.31. The molecule has 0 spiro atoms. The summed E-state index contributed by atoms with van der Waals surface area (Å²) in [5.74, 6) is -0.155. The van der Waals surface area contributed by atoms with Gasteiger partial charge >= 0.3 is 6.03 Å². The predicted octanol–water partition coefficient (Wildman–Crippen LogP) is 0.337. The first-order chi connectivity index (χ1) is 11.0. The maximum atomic E-state index is 12.2. The van der Waals surface area contributed by atoms with Crippen LogP contribution in [-0.4, -0.2) is 40.5 Å². The lowest BCUT2D eigenvalue weighted by atomic mass is 10.1. The van der Waals surface area contributed by atoms with Crippen LogP contribution in [0.15, 0.2) is 35.5 Å². The molecule has 1 heterocycles. The van der Waals surface area contributed by atoms with E-state index in [1.54, 1.807) is 18.2 Å². The predicted molar refractivity (Wildman–Crippen MR) is 86.2 cm³/mol. The van der Waals surface area contributed by atoms with Crippen molar-refractivity contribution in [2.75, 3.05) is 6.54 Å². The van der Waals surface area contributed by atoms with Crippen molar-refractivity contribution >= 4 is 24.0 Å². The zero-order chi connectivity index (χ0) is 16.8. The molecule has 1 aromatic rings. The van der Waals surface area contributed by atoms with Gasteiger partial charge in [0.15, 0.2) is 5.96 Å². The summed E-state index contributed by atoms with van der Waals surface area (Å²) < 4.78 is 0. The Morgan fingerprint density at radius 2 is 2.00 bits per heavy atom. The summed E-state index contributed by atoms with van der Waals surface area (Å²) in [4.78, 5) is 28.9. The van der Waals surface area contributed by atoms with E-state index in [0.717, 1.165) is 10.5 Å². The van der Waals surface area contributed by atoms with Crippen molar-refractivity contribution in [3.63, 3.8) is 0 Å². The number of aliphatic imine (C=N–C) groups is 1. The van der Waals surface area contributed by atoms with Crippen molar-refractivity contribution in [1.82, 2.24) is 10.2 Å². The van der Waals surface area contributed by atoms with Crippen LogP contribution in [0.2, 0.25) is 0 Å². The fourth-order valence-electron chi connectivity index (χ4n) is 2.13. The number of nitrogens with zero attached hydrogens (tertiary/aromatic N) is 2. The summed E-state index contributed by atoms with van der Waals surface area (Å²) in [5, 5.41) is 11.8. The number of aromatic hydroxyl groups is 1. The number of phenolic OH excluding ortho intramolecular Hbond substituents is 1. The van der Waals surface area contributed by atoms with Gasteiger partial charge in [-0.1, -0.05) is 12.1 Å². The van der Waals surface area contributed by atoms with E-state index in [1.807, 2.05) is 0 Å². The number of carbonyl (C=O) groups is 2. The molecule has 0 radical (unpaired) electrons. The molecule has 3 amide bonds. The van der Waals surface area contributed by atoms with Gasteiger partial charge in [0, 0.05) is 12.7 Å². The molecule has 1 aliphatic rings. The molecule has 0 aromatic heterocycles. The minimum Gasteiger partial charge on any atom is -0.508 e. The number of nitrogens with one attached hydrogen (secondary N) is 1. The van der Waals surface area contributed by atoms with Crippen molar-refractivity contribution in [3.05, 3.63) is 36.0 Å². The highest BCUT2D eigenvalue weighted by molar-refractivity contribution is 6.05. The molecule has 1 atom stereocenters. The van der Waals surface area contributed by atoms with E-state index < -0.39 is 12.1 Å². The zero-order valence-electron chi connectivity index (χ0n) is 12.5. The quantitative estimate of drug-likeness (QED) is 0.260. The highest BCUT2D eigenvalue weighted by Gasteiger charge is 2.36. The fourth-order valence-corrected chi connectivity index (χ4v) is 2.13. The van der Waals surface area contributed by atoms with E-state index >= 15 is 0 Å². The maximum Gasteiger partial charge on any atom is 0.328 e. The maximum absolute atomic E-state index is 12.2. The van der Waals surface area contributed by atoms with Gasteiger partial charge in [-0.2, -0.15) is 0 Å². The number of amides is 3. The second kappa shape index (κ2) is 7.30. The highest BCUT2D eigenvalue weighted by atomic mass is 16.3. The van der Waals surface area contributed by atoms with E-state index in [1.165, 1.54) is 18.3 Å². The van der Waals surface area contributed by atoms with Gasteiger partial charge in [-0.25, -0.2) is 9.69 Å². The molecule has 122 valence electrons. The Morgan fingerprint density at radius 1 is 1.30 bits per heavy atom. The molecule has 1 aromatic carbocycles. The Morgan fingerprint density at radius 3 is 2.65 bits per heavy atom. The molecular weight excluding hydrogens is 298 g/mol. The highest BCUT2D eigenvalue weighted by Crippen LogP contribution is 2.15. The lowest BCUT2D eigenvalue weighted by Crippen LogP contribution is -2.29. The van der Waals surface area contributed by atoms with E-state index in [4.69, 9.17) is 11.5 Å². The minimum absolute atomic E-state index is 0.00485. The molecule has 0 aliphatic carbocycles. The van der Waals surface area contributed by atoms with Gasteiger partial charge in [-0.05, 0) is 36.6 Å². The fraction of sp³-hybridized carbons (Fsp3) is 0.267. The zero-order valence-corrected chi connectivity index (χ0v) is 12.5. The molecule has 1 fully saturated rings. The summed E-state index contributed by atoms with van der Waals surface area (Å²) in [6.07, 6.45) is 4.09. The Bertz CT molecular complexity index is 635. The summed E-state index contributed by atoms with van der Waals surface area (Å²) >= 11 is 0. The van der Waals surface area contributed by atoms with Crippen LogP contribution < -0.4 is 16.8 Å². The number of guanidine groups is 1. The first-order valence-electron chi connectivity index (χ1n) is 7.13. The van der Waals surface area contributed by atoms with Crippen molar-refractivity contribution in [3.8, 4) is 5.75 Å². The summed E-state index contributed by atoms with van der Waals surface area (Å²) in [6, 6.07) is 5.38. The van der Waals surface area contributed by atoms with Crippen LogP contribution in [-0.2, 0) is 4.79 Å². The summed E-state index contributed by atoms with van der Waals surface area (Å²) in [6.45, 7) is 0.408. The molecule has 1 saturated heterocycles. The average Bonchev–Trinajstić information content (AvgIpc) is 2.77. The number of nitrogens with two attached hydrogens (primary N) is 2. The van der Waals surface area contributed by atoms with Gasteiger partial charge in [0.05, 0.1) is 0 Å². The first kappa shape index (κ1) is 16.3. The second-order valence-electron chi connectivity index (χ2n) is 5.07. The van der Waals surface area contributed by atoms with E-state index in [-0.39, 0.29) is 17.6 Å². The lowest BCUT2D eigenvalue weighted by Gasteiger charge is -2.07. The molecule has 6 N–H and O–H groups in total. The molecule has 0 saturated carbocycles. The number of carbonyl (C=O) groups excluding carboxylic acids is 2. The van der Waals surface area contributed by atoms with E-state index in [0.29, 0.717) is 19.4 Å². The third kappa shape index (κ3) is 4.47. The van der Waals surface area contributed by atoms with Crippen LogP contribution in [0.3, 0.4) is 0 Å². The van der Waals surface area contributed by atoms with Gasteiger partial charge in [0.2, 0.25) is 0 Å². The van der Waals surface area contributed by atoms with Gasteiger partial charge < -0.3 is 21.9 Å². The van der Waals surface area contributed by atoms with E-state index in [9.17, 15) is 14.7 Å². The van der Waals surface area contributed by atoms with Crippen LogP contribution in [0.4, 0.5) is 4.79 Å². The molecular formula is C15H19N5O3. The van der Waals surface area contributed by atoms with Crippen molar-refractivity contribution < 1.29 is 14.7 Å². The second-order valence-corrected chi connectivity index (χ2v) is 5.07. The van der Waals surface area contributed by atoms with Crippen LogP contribution in [0.5, 0.6) is 5.75 Å². The molecule has 23 heavy (non-hydrogen) atoms. The number of benzene rings is 1. The molecule has 1 unspecified atom stereocenters. The summed E-state index contributed by atoms with van der Waals surface area (Å²) in [7, 11) is 0. The largest absolute Gasteiger partial charge is 0.508 e. The normalized spacial score (nSPS) is 17.6. The van der Waals surface area contributed by atoms with E-state index in [2.05, 4.69) is 10.3 Å². The molecule has 8 nitrogen and oxygen atoms in total. The Kier molecular flexibility index (Phi) is 5.19. The van der Waals surface area contributed by atoms with Crippen molar-refractivity contribution in [1.29, 1.82) is 0 Å². The Balaban J connectivity index is 1.93. The molecule has 2 rings (SSSR count). The van der Waals surface area contributed by atoms with Gasteiger partial charge in [-0.3, -0.25) is 9.79 Å². The molecule has 8 heteroatoms. The van der Waals surface area contributed by atoms with Crippen molar-refractivity contribution in [2.24, 2.45) is 16.5 Å².